The van der Waals surface area contributed by atoms with Crippen molar-refractivity contribution in [1.29, 1.82) is 0 Å². The van der Waals surface area contributed by atoms with E-state index in [2.05, 4.69) is 42.7 Å². The molecule has 0 N–H and O–H groups in total. The molecular formula is C16H27N5S. The van der Waals surface area contributed by atoms with E-state index in [0.29, 0.717) is 0 Å². The number of nitrogens with zero attached hydrogens (tertiary/aromatic N) is 5. The normalized spacial score (nSPS) is 19.6. The van der Waals surface area contributed by atoms with Gasteiger partial charge in [0.2, 0.25) is 0 Å². The van der Waals surface area contributed by atoms with Gasteiger partial charge < -0.3 is 9.80 Å². The van der Waals surface area contributed by atoms with Gasteiger partial charge in [0, 0.05) is 33.7 Å². The van der Waals surface area contributed by atoms with Crippen molar-refractivity contribution in [3.8, 4) is 0 Å². The van der Waals surface area contributed by atoms with Crippen LogP contribution < -0.4 is 4.90 Å². The summed E-state index contributed by atoms with van der Waals surface area (Å²) in [6, 6.07) is 0. The largest absolute Gasteiger partial charge is 0.351 e. The van der Waals surface area contributed by atoms with Crippen molar-refractivity contribution in [3.05, 3.63) is 5.69 Å². The number of aromatic nitrogens is 3. The highest BCUT2D eigenvalue weighted by atomic mass is 32.1. The minimum absolute atomic E-state index is 0.759. The van der Waals surface area contributed by atoms with Crippen LogP contribution in [0.15, 0.2) is 0 Å². The van der Waals surface area contributed by atoms with Gasteiger partial charge in [-0.3, -0.25) is 0 Å². The molecule has 0 saturated carbocycles. The first-order valence-corrected chi connectivity index (χ1v) is 8.99. The van der Waals surface area contributed by atoms with Crippen LogP contribution in [0.25, 0.3) is 10.3 Å². The van der Waals surface area contributed by atoms with Crippen LogP contribution in [0.4, 0.5) is 5.13 Å². The van der Waals surface area contributed by atoms with Crippen LogP contribution in [0.2, 0.25) is 0 Å². The van der Waals surface area contributed by atoms with Gasteiger partial charge in [-0.1, -0.05) is 25.2 Å². The number of hydrogen-bond donors (Lipinski definition) is 0. The standard InChI is InChI=1S/C16H27N5S/c1-11(2)8-21-7-6-13(10-21)9-19(4)16-17-15-14(22-16)12(3)18-20(15)5/h11,13H,6-10H2,1-5H3/t13-/m0/s1. The zero-order valence-corrected chi connectivity index (χ0v) is 15.2. The SMILES string of the molecule is Cc1nn(C)c2nc(N(C)C[C@@H]3CCN(CC(C)C)C3)sc12. The fourth-order valence-corrected chi connectivity index (χ4v) is 4.45. The predicted octanol–water partition coefficient (Wildman–Crippen LogP) is 2.75. The summed E-state index contributed by atoms with van der Waals surface area (Å²) in [6.07, 6.45) is 1.31. The van der Waals surface area contributed by atoms with Gasteiger partial charge in [0.1, 0.15) is 0 Å². The van der Waals surface area contributed by atoms with E-state index in [1.165, 1.54) is 30.8 Å². The van der Waals surface area contributed by atoms with Gasteiger partial charge >= 0.3 is 0 Å². The van der Waals surface area contributed by atoms with Crippen molar-refractivity contribution in [3.63, 3.8) is 0 Å². The summed E-state index contributed by atoms with van der Waals surface area (Å²) in [5.74, 6) is 1.52. The second kappa shape index (κ2) is 6.16. The molecule has 1 aliphatic heterocycles. The van der Waals surface area contributed by atoms with E-state index in [0.717, 1.165) is 34.9 Å². The summed E-state index contributed by atoms with van der Waals surface area (Å²) >= 11 is 1.77. The first-order valence-electron chi connectivity index (χ1n) is 8.17. The number of aryl methyl sites for hydroxylation is 2. The van der Waals surface area contributed by atoms with Crippen LogP contribution in [0.3, 0.4) is 0 Å². The Morgan fingerprint density at radius 3 is 2.86 bits per heavy atom. The number of thiazole rings is 1. The molecule has 22 heavy (non-hydrogen) atoms. The van der Waals surface area contributed by atoms with Crippen molar-refractivity contribution in [2.75, 3.05) is 38.1 Å². The third kappa shape index (κ3) is 3.13. The third-order valence-corrected chi connectivity index (χ3v) is 5.65. The molecule has 0 spiro atoms. The average molecular weight is 321 g/mol. The molecule has 1 fully saturated rings. The maximum Gasteiger partial charge on any atom is 0.187 e. The average Bonchev–Trinajstić information content (AvgIpc) is 3.09. The second-order valence-corrected chi connectivity index (χ2v) is 8.02. The van der Waals surface area contributed by atoms with Crippen molar-refractivity contribution in [2.24, 2.45) is 18.9 Å². The molecule has 3 rings (SSSR count). The molecule has 1 saturated heterocycles. The van der Waals surface area contributed by atoms with Gasteiger partial charge in [-0.2, -0.15) is 5.10 Å². The molecule has 1 atom stereocenters. The van der Waals surface area contributed by atoms with Crippen molar-refractivity contribution in [1.82, 2.24) is 19.7 Å². The summed E-state index contributed by atoms with van der Waals surface area (Å²) < 4.78 is 3.11. The van der Waals surface area contributed by atoms with Gasteiger partial charge in [-0.05, 0) is 31.7 Å². The Balaban J connectivity index is 1.64. The van der Waals surface area contributed by atoms with Crippen molar-refractivity contribution < 1.29 is 0 Å². The highest BCUT2D eigenvalue weighted by Gasteiger charge is 2.25. The van der Waals surface area contributed by atoms with Gasteiger partial charge in [0.15, 0.2) is 10.8 Å². The topological polar surface area (TPSA) is 37.2 Å². The van der Waals surface area contributed by atoms with Crippen LogP contribution in [0.1, 0.15) is 26.0 Å². The molecule has 3 heterocycles. The van der Waals surface area contributed by atoms with Gasteiger partial charge in [0.25, 0.3) is 0 Å². The molecule has 0 unspecified atom stereocenters. The fraction of sp³-hybridized carbons (Fsp3) is 0.750. The van der Waals surface area contributed by atoms with E-state index >= 15 is 0 Å². The van der Waals surface area contributed by atoms with E-state index in [-0.39, 0.29) is 0 Å². The molecule has 0 radical (unpaired) electrons. The highest BCUT2D eigenvalue weighted by molar-refractivity contribution is 7.22. The molecule has 0 bridgehead atoms. The summed E-state index contributed by atoms with van der Waals surface area (Å²) in [5, 5.41) is 5.55. The number of anilines is 1. The zero-order chi connectivity index (χ0) is 15.9. The number of likely N-dealkylation sites (tertiary alicyclic amines) is 1. The van der Waals surface area contributed by atoms with Crippen LogP contribution in [-0.2, 0) is 7.05 Å². The van der Waals surface area contributed by atoms with Crippen LogP contribution in [0, 0.1) is 18.8 Å². The van der Waals surface area contributed by atoms with Crippen LogP contribution >= 0.6 is 11.3 Å². The zero-order valence-electron chi connectivity index (χ0n) is 14.3. The van der Waals surface area contributed by atoms with E-state index < -0.39 is 0 Å². The smallest absolute Gasteiger partial charge is 0.187 e. The molecule has 6 heteroatoms. The minimum atomic E-state index is 0.759. The molecule has 0 amide bonds. The molecule has 5 nitrogen and oxygen atoms in total. The molecule has 1 aliphatic rings. The van der Waals surface area contributed by atoms with Crippen molar-refractivity contribution in [2.45, 2.75) is 27.2 Å². The lowest BCUT2D eigenvalue weighted by Crippen LogP contribution is -2.29. The Kier molecular flexibility index (Phi) is 4.41. The number of fused-ring (bicyclic) bond motifs is 1. The summed E-state index contributed by atoms with van der Waals surface area (Å²) in [6.45, 7) is 11.5. The van der Waals surface area contributed by atoms with Gasteiger partial charge in [0.05, 0.1) is 10.4 Å². The van der Waals surface area contributed by atoms with E-state index in [1.54, 1.807) is 11.3 Å². The Morgan fingerprint density at radius 2 is 2.18 bits per heavy atom. The summed E-state index contributed by atoms with van der Waals surface area (Å²) in [7, 11) is 4.14. The van der Waals surface area contributed by atoms with Crippen LogP contribution in [0.5, 0.6) is 0 Å². The van der Waals surface area contributed by atoms with E-state index in [9.17, 15) is 0 Å². The molecule has 2 aromatic rings. The Bertz CT molecular complexity index is 610. The lowest BCUT2D eigenvalue weighted by Gasteiger charge is -2.22. The minimum Gasteiger partial charge on any atom is -0.351 e. The number of hydrogen-bond acceptors (Lipinski definition) is 5. The quantitative estimate of drug-likeness (QED) is 0.848. The highest BCUT2D eigenvalue weighted by Crippen LogP contribution is 2.31. The molecule has 0 aromatic carbocycles. The van der Waals surface area contributed by atoms with Crippen molar-refractivity contribution >= 4 is 26.8 Å². The molecule has 2 aromatic heterocycles. The summed E-state index contributed by atoms with van der Waals surface area (Å²) in [4.78, 5) is 9.71. The first kappa shape index (κ1) is 15.7. The Hall–Kier alpha value is -1.14. The molecule has 0 aliphatic carbocycles. The Labute approximate surface area is 136 Å². The first-order chi connectivity index (χ1) is 10.4. The fourth-order valence-electron chi connectivity index (χ4n) is 3.45. The second-order valence-electron chi connectivity index (χ2n) is 7.05. The maximum atomic E-state index is 4.77. The van der Waals surface area contributed by atoms with Crippen LogP contribution in [-0.4, -0.2) is 52.9 Å². The van der Waals surface area contributed by atoms with E-state index in [1.807, 2.05) is 11.7 Å². The lowest BCUT2D eigenvalue weighted by molar-refractivity contribution is 0.288. The Morgan fingerprint density at radius 1 is 1.41 bits per heavy atom. The molecular weight excluding hydrogens is 294 g/mol. The van der Waals surface area contributed by atoms with Gasteiger partial charge in [-0.25, -0.2) is 9.67 Å². The monoisotopic (exact) mass is 321 g/mol. The maximum absolute atomic E-state index is 4.77. The number of rotatable bonds is 5. The molecule has 122 valence electrons. The third-order valence-electron chi connectivity index (χ3n) is 4.39. The van der Waals surface area contributed by atoms with E-state index in [4.69, 9.17) is 4.98 Å². The summed E-state index contributed by atoms with van der Waals surface area (Å²) in [5.41, 5.74) is 2.09. The predicted molar refractivity (Wildman–Crippen MR) is 93.8 cm³/mol. The lowest BCUT2D eigenvalue weighted by atomic mass is 10.1. The van der Waals surface area contributed by atoms with Gasteiger partial charge in [-0.15, -0.1) is 0 Å².